The van der Waals surface area contributed by atoms with E-state index in [2.05, 4.69) is 17.6 Å². The highest BCUT2D eigenvalue weighted by atomic mass is 32.1. The molecule has 0 aromatic heterocycles. The number of nitro groups is 1. The predicted octanol–water partition coefficient (Wildman–Crippen LogP) is 3.17. The van der Waals surface area contributed by atoms with Crippen LogP contribution < -0.4 is 10.6 Å². The van der Waals surface area contributed by atoms with Crippen molar-refractivity contribution in [2.24, 2.45) is 0 Å². The first kappa shape index (κ1) is 18.0. The summed E-state index contributed by atoms with van der Waals surface area (Å²) < 4.78 is 0. The SMILES string of the molecule is CCCCCCCNC(=S)NC(=O)c1ccccc1[N+](=O)[O-]. The summed E-state index contributed by atoms with van der Waals surface area (Å²) in [4.78, 5) is 22.3. The van der Waals surface area contributed by atoms with E-state index in [1.165, 1.54) is 37.5 Å². The molecule has 0 spiro atoms. The molecule has 1 amide bonds. The highest BCUT2D eigenvalue weighted by Crippen LogP contribution is 2.17. The smallest absolute Gasteiger partial charge is 0.282 e. The number of thiocarbonyl (C=S) groups is 1. The molecular weight excluding hydrogens is 302 g/mol. The number of carbonyl (C=O) groups is 1. The predicted molar refractivity (Wildman–Crippen MR) is 89.9 cm³/mol. The van der Waals surface area contributed by atoms with Crippen molar-refractivity contribution in [3.8, 4) is 0 Å². The Morgan fingerprint density at radius 2 is 1.91 bits per heavy atom. The van der Waals surface area contributed by atoms with E-state index in [1.54, 1.807) is 6.07 Å². The Morgan fingerprint density at radius 1 is 1.23 bits per heavy atom. The van der Waals surface area contributed by atoms with Crippen LogP contribution in [0.1, 0.15) is 49.4 Å². The van der Waals surface area contributed by atoms with Crippen molar-refractivity contribution in [3.05, 3.63) is 39.9 Å². The molecule has 0 bridgehead atoms. The summed E-state index contributed by atoms with van der Waals surface area (Å²) in [6.45, 7) is 2.84. The lowest BCUT2D eigenvalue weighted by molar-refractivity contribution is -0.385. The van der Waals surface area contributed by atoms with Gasteiger partial charge in [0, 0.05) is 12.6 Å². The molecule has 0 atom stereocenters. The third kappa shape index (κ3) is 6.17. The normalized spacial score (nSPS) is 10.0. The van der Waals surface area contributed by atoms with Crippen molar-refractivity contribution < 1.29 is 9.72 Å². The van der Waals surface area contributed by atoms with E-state index in [9.17, 15) is 14.9 Å². The Labute approximate surface area is 135 Å². The van der Waals surface area contributed by atoms with E-state index in [4.69, 9.17) is 12.2 Å². The Morgan fingerprint density at radius 3 is 2.59 bits per heavy atom. The number of nitrogens with zero attached hydrogens (tertiary/aromatic N) is 1. The van der Waals surface area contributed by atoms with Crippen LogP contribution in [0.4, 0.5) is 5.69 Å². The van der Waals surface area contributed by atoms with Gasteiger partial charge in [-0.15, -0.1) is 0 Å². The minimum absolute atomic E-state index is 0.000374. The fourth-order valence-electron chi connectivity index (χ4n) is 1.97. The van der Waals surface area contributed by atoms with Crippen LogP contribution in [0.25, 0.3) is 0 Å². The standard InChI is InChI=1S/C15H21N3O3S/c1-2-3-4-5-8-11-16-15(22)17-14(19)12-9-6-7-10-13(12)18(20)21/h6-7,9-10H,2-5,8,11H2,1H3,(H2,16,17,19,22). The third-order valence-electron chi connectivity index (χ3n) is 3.14. The maximum atomic E-state index is 12.0. The molecule has 0 aliphatic carbocycles. The number of hydrogen-bond acceptors (Lipinski definition) is 4. The van der Waals surface area contributed by atoms with Crippen molar-refractivity contribution >= 4 is 28.9 Å². The monoisotopic (exact) mass is 323 g/mol. The van der Waals surface area contributed by atoms with Gasteiger partial charge in [-0.1, -0.05) is 44.7 Å². The summed E-state index contributed by atoms with van der Waals surface area (Å²) in [5.74, 6) is -0.573. The maximum absolute atomic E-state index is 12.0. The zero-order valence-corrected chi connectivity index (χ0v) is 13.4. The Kier molecular flexibility index (Phi) is 8.06. The third-order valence-corrected chi connectivity index (χ3v) is 3.38. The number of carbonyl (C=O) groups excluding carboxylic acids is 1. The average molecular weight is 323 g/mol. The first-order valence-corrected chi connectivity index (χ1v) is 7.79. The zero-order chi connectivity index (χ0) is 16.4. The lowest BCUT2D eigenvalue weighted by atomic mass is 10.1. The summed E-state index contributed by atoms with van der Waals surface area (Å²) in [6, 6.07) is 5.79. The molecule has 7 heteroatoms. The maximum Gasteiger partial charge on any atom is 0.282 e. The van der Waals surface area contributed by atoms with Crippen molar-refractivity contribution in [2.75, 3.05) is 6.54 Å². The number of amides is 1. The minimum atomic E-state index is -0.584. The summed E-state index contributed by atoms with van der Waals surface area (Å²) in [5, 5.41) is 16.5. The molecule has 0 radical (unpaired) electrons. The number of hydrogen-bond donors (Lipinski definition) is 2. The average Bonchev–Trinajstić information content (AvgIpc) is 2.50. The van der Waals surface area contributed by atoms with Crippen LogP contribution in [0.3, 0.4) is 0 Å². The molecule has 0 aliphatic heterocycles. The largest absolute Gasteiger partial charge is 0.362 e. The zero-order valence-electron chi connectivity index (χ0n) is 12.6. The fraction of sp³-hybridized carbons (Fsp3) is 0.467. The molecule has 0 heterocycles. The van der Waals surface area contributed by atoms with E-state index in [0.29, 0.717) is 6.54 Å². The molecule has 1 aromatic rings. The highest BCUT2D eigenvalue weighted by molar-refractivity contribution is 7.80. The number of nitrogens with one attached hydrogen (secondary N) is 2. The van der Waals surface area contributed by atoms with E-state index in [-0.39, 0.29) is 16.4 Å². The van der Waals surface area contributed by atoms with Gasteiger partial charge in [0.2, 0.25) is 0 Å². The Hall–Kier alpha value is -2.02. The van der Waals surface area contributed by atoms with Crippen LogP contribution in [0, 0.1) is 10.1 Å². The van der Waals surface area contributed by atoms with Crippen LogP contribution in [-0.2, 0) is 0 Å². The second-order valence-electron chi connectivity index (χ2n) is 4.90. The van der Waals surface area contributed by atoms with Crippen LogP contribution in [0.15, 0.2) is 24.3 Å². The first-order valence-electron chi connectivity index (χ1n) is 7.39. The summed E-state index contributed by atoms with van der Waals surface area (Å²) >= 11 is 5.03. The molecule has 0 unspecified atom stereocenters. The van der Waals surface area contributed by atoms with Gasteiger partial charge in [0.25, 0.3) is 11.6 Å². The van der Waals surface area contributed by atoms with E-state index >= 15 is 0 Å². The molecule has 1 rings (SSSR count). The summed E-state index contributed by atoms with van der Waals surface area (Å²) in [7, 11) is 0. The van der Waals surface area contributed by atoms with Gasteiger partial charge < -0.3 is 5.32 Å². The van der Waals surface area contributed by atoms with E-state index in [0.717, 1.165) is 12.8 Å². The number of nitro benzene ring substituents is 1. The Bertz CT molecular complexity index is 535. The van der Waals surface area contributed by atoms with Crippen molar-refractivity contribution in [2.45, 2.75) is 39.0 Å². The quantitative estimate of drug-likeness (QED) is 0.332. The number of unbranched alkanes of at least 4 members (excludes halogenated alkanes) is 4. The molecule has 1 aromatic carbocycles. The molecule has 0 saturated heterocycles. The van der Waals surface area contributed by atoms with Gasteiger partial charge >= 0.3 is 0 Å². The molecule has 120 valence electrons. The van der Waals surface area contributed by atoms with Gasteiger partial charge in [0.1, 0.15) is 5.56 Å². The van der Waals surface area contributed by atoms with Crippen molar-refractivity contribution in [3.63, 3.8) is 0 Å². The number of benzene rings is 1. The van der Waals surface area contributed by atoms with Crippen LogP contribution in [0.2, 0.25) is 0 Å². The highest BCUT2D eigenvalue weighted by Gasteiger charge is 2.19. The van der Waals surface area contributed by atoms with E-state index < -0.39 is 10.8 Å². The van der Waals surface area contributed by atoms with Gasteiger partial charge in [-0.2, -0.15) is 0 Å². The lowest BCUT2D eigenvalue weighted by Crippen LogP contribution is -2.39. The molecule has 0 aliphatic rings. The van der Waals surface area contributed by atoms with Crippen LogP contribution in [-0.4, -0.2) is 22.5 Å². The van der Waals surface area contributed by atoms with Crippen LogP contribution >= 0.6 is 12.2 Å². The van der Waals surface area contributed by atoms with E-state index in [1.807, 2.05) is 0 Å². The van der Waals surface area contributed by atoms with Crippen molar-refractivity contribution in [1.29, 1.82) is 0 Å². The Balaban J connectivity index is 2.42. The minimum Gasteiger partial charge on any atom is -0.362 e. The molecule has 2 N–H and O–H groups in total. The number of rotatable bonds is 8. The van der Waals surface area contributed by atoms with Crippen LogP contribution in [0.5, 0.6) is 0 Å². The molecule has 0 fully saturated rings. The molecule has 6 nitrogen and oxygen atoms in total. The van der Waals surface area contributed by atoms with Gasteiger partial charge in [-0.05, 0) is 24.7 Å². The molecular formula is C15H21N3O3S. The van der Waals surface area contributed by atoms with Gasteiger partial charge in [0.15, 0.2) is 5.11 Å². The van der Waals surface area contributed by atoms with Gasteiger partial charge in [-0.25, -0.2) is 0 Å². The van der Waals surface area contributed by atoms with Gasteiger partial charge in [0.05, 0.1) is 4.92 Å². The second-order valence-corrected chi connectivity index (χ2v) is 5.31. The first-order chi connectivity index (χ1) is 10.6. The number of para-hydroxylation sites is 1. The van der Waals surface area contributed by atoms with Crippen molar-refractivity contribution in [1.82, 2.24) is 10.6 Å². The topological polar surface area (TPSA) is 84.3 Å². The fourth-order valence-corrected chi connectivity index (χ4v) is 2.16. The molecule has 22 heavy (non-hydrogen) atoms. The summed E-state index contributed by atoms with van der Waals surface area (Å²) in [5.41, 5.74) is -0.234. The lowest BCUT2D eigenvalue weighted by Gasteiger charge is -2.09. The second kappa shape index (κ2) is 9.83. The van der Waals surface area contributed by atoms with Gasteiger partial charge in [-0.3, -0.25) is 20.2 Å². The molecule has 0 saturated carbocycles. The summed E-state index contributed by atoms with van der Waals surface area (Å²) in [6.07, 6.45) is 5.69.